The highest BCUT2D eigenvalue weighted by atomic mass is 16.2. The van der Waals surface area contributed by atoms with Crippen molar-refractivity contribution in [3.05, 3.63) is 29.3 Å². The standard InChI is InChI=1S/C19H25NO2/c1-12-8-13(2)10-14(9-12)20-16(22)19-7-6-18(5,15(21)11-19)17(19,3)4/h8-10H,6-7,11H2,1-5H3,(H,20,22)/t18-,19+/m1/s1. The Hall–Kier alpha value is -1.64. The molecule has 0 spiro atoms. The third-order valence-corrected chi connectivity index (χ3v) is 6.62. The van der Waals surface area contributed by atoms with Crippen molar-refractivity contribution in [1.29, 1.82) is 0 Å². The zero-order chi connectivity index (χ0) is 16.3. The average Bonchev–Trinajstić information content (AvgIpc) is 2.67. The summed E-state index contributed by atoms with van der Waals surface area (Å²) in [7, 11) is 0. The molecule has 0 saturated heterocycles. The fourth-order valence-corrected chi connectivity index (χ4v) is 4.66. The highest BCUT2D eigenvalue weighted by Gasteiger charge is 2.72. The minimum absolute atomic E-state index is 0.0112. The topological polar surface area (TPSA) is 46.2 Å². The number of Topliss-reactive ketones (excluding diaryl/α,β-unsaturated/α-hetero) is 1. The molecular formula is C19H25NO2. The number of aryl methyl sites for hydroxylation is 2. The lowest BCUT2D eigenvalue weighted by atomic mass is 9.64. The molecule has 2 fully saturated rings. The van der Waals surface area contributed by atoms with Gasteiger partial charge in [-0.15, -0.1) is 0 Å². The van der Waals surface area contributed by atoms with Crippen molar-refractivity contribution < 1.29 is 9.59 Å². The molecular weight excluding hydrogens is 274 g/mol. The molecule has 1 aromatic carbocycles. The number of hydrogen-bond acceptors (Lipinski definition) is 2. The van der Waals surface area contributed by atoms with Crippen LogP contribution in [0.15, 0.2) is 18.2 Å². The summed E-state index contributed by atoms with van der Waals surface area (Å²) in [5, 5.41) is 3.09. The summed E-state index contributed by atoms with van der Waals surface area (Å²) in [6.45, 7) is 10.3. The second-order valence-electron chi connectivity index (χ2n) is 7.97. The zero-order valence-corrected chi connectivity index (χ0v) is 14.2. The maximum absolute atomic E-state index is 13.1. The summed E-state index contributed by atoms with van der Waals surface area (Å²) in [6, 6.07) is 6.06. The van der Waals surface area contributed by atoms with Crippen LogP contribution in [0, 0.1) is 30.1 Å². The largest absolute Gasteiger partial charge is 0.326 e. The van der Waals surface area contributed by atoms with Gasteiger partial charge >= 0.3 is 0 Å². The van der Waals surface area contributed by atoms with Crippen molar-refractivity contribution in [2.24, 2.45) is 16.2 Å². The van der Waals surface area contributed by atoms with Gasteiger partial charge in [0.1, 0.15) is 5.78 Å². The third kappa shape index (κ3) is 1.74. The van der Waals surface area contributed by atoms with E-state index in [4.69, 9.17) is 0 Å². The number of hydrogen-bond donors (Lipinski definition) is 1. The highest BCUT2D eigenvalue weighted by molar-refractivity contribution is 6.04. The van der Waals surface area contributed by atoms with Crippen molar-refractivity contribution in [1.82, 2.24) is 0 Å². The van der Waals surface area contributed by atoms with Crippen LogP contribution in [-0.4, -0.2) is 11.7 Å². The molecule has 0 aromatic heterocycles. The second-order valence-corrected chi connectivity index (χ2v) is 7.97. The van der Waals surface area contributed by atoms with E-state index in [1.807, 2.05) is 32.9 Å². The fourth-order valence-electron chi connectivity index (χ4n) is 4.66. The van der Waals surface area contributed by atoms with Crippen molar-refractivity contribution >= 4 is 17.4 Å². The molecule has 0 heterocycles. The molecule has 0 radical (unpaired) electrons. The van der Waals surface area contributed by atoms with Crippen LogP contribution >= 0.6 is 0 Å². The van der Waals surface area contributed by atoms with E-state index in [9.17, 15) is 9.59 Å². The van der Waals surface area contributed by atoms with Crippen LogP contribution in [0.5, 0.6) is 0 Å². The maximum atomic E-state index is 13.1. The van der Waals surface area contributed by atoms with Gasteiger partial charge < -0.3 is 5.32 Å². The van der Waals surface area contributed by atoms with E-state index in [2.05, 4.69) is 25.2 Å². The molecule has 118 valence electrons. The van der Waals surface area contributed by atoms with E-state index in [1.54, 1.807) is 0 Å². The van der Waals surface area contributed by atoms with Crippen LogP contribution in [-0.2, 0) is 9.59 Å². The summed E-state index contributed by atoms with van der Waals surface area (Å²) in [5.74, 6) is 0.261. The van der Waals surface area contributed by atoms with Crippen molar-refractivity contribution in [2.75, 3.05) is 5.32 Å². The summed E-state index contributed by atoms with van der Waals surface area (Å²) in [6.07, 6.45) is 2.01. The van der Waals surface area contributed by atoms with Crippen molar-refractivity contribution in [3.8, 4) is 0 Å². The number of carbonyl (C=O) groups excluding carboxylic acids is 2. The summed E-state index contributed by atoms with van der Waals surface area (Å²) < 4.78 is 0. The van der Waals surface area contributed by atoms with Crippen LogP contribution in [0.4, 0.5) is 5.69 Å². The Kier molecular flexibility index (Phi) is 3.08. The molecule has 3 rings (SSSR count). The Morgan fingerprint density at radius 3 is 2.09 bits per heavy atom. The van der Waals surface area contributed by atoms with Gasteiger partial charge in [0.05, 0.1) is 5.41 Å². The number of amides is 1. The maximum Gasteiger partial charge on any atom is 0.231 e. The Labute approximate surface area is 132 Å². The lowest BCUT2D eigenvalue weighted by molar-refractivity contribution is -0.131. The van der Waals surface area contributed by atoms with Gasteiger partial charge in [0.25, 0.3) is 0 Å². The van der Waals surface area contributed by atoms with Gasteiger partial charge in [0, 0.05) is 17.5 Å². The van der Waals surface area contributed by atoms with Crippen LogP contribution in [0.1, 0.15) is 51.2 Å². The minimum atomic E-state index is -0.559. The van der Waals surface area contributed by atoms with E-state index in [0.717, 1.165) is 29.7 Å². The fraction of sp³-hybridized carbons (Fsp3) is 0.579. The molecule has 1 aromatic rings. The molecule has 0 aliphatic heterocycles. The smallest absolute Gasteiger partial charge is 0.231 e. The monoisotopic (exact) mass is 299 g/mol. The second kappa shape index (κ2) is 4.43. The van der Waals surface area contributed by atoms with Gasteiger partial charge in [0.2, 0.25) is 5.91 Å². The van der Waals surface area contributed by atoms with E-state index in [-0.39, 0.29) is 22.5 Å². The first-order valence-electron chi connectivity index (χ1n) is 8.05. The van der Waals surface area contributed by atoms with E-state index in [0.29, 0.717) is 6.42 Å². The number of fused-ring (bicyclic) bond motifs is 2. The first-order valence-corrected chi connectivity index (χ1v) is 8.05. The molecule has 3 nitrogen and oxygen atoms in total. The number of anilines is 1. The first kappa shape index (κ1) is 15.3. The van der Waals surface area contributed by atoms with Crippen molar-refractivity contribution in [2.45, 2.75) is 53.9 Å². The third-order valence-electron chi connectivity index (χ3n) is 6.62. The molecule has 1 amide bonds. The molecule has 1 N–H and O–H groups in total. The van der Waals surface area contributed by atoms with Crippen LogP contribution in [0.3, 0.4) is 0 Å². The number of carbonyl (C=O) groups is 2. The Balaban J connectivity index is 1.94. The molecule has 2 bridgehead atoms. The predicted octanol–water partition coefficient (Wildman–Crippen LogP) is 4.03. The zero-order valence-electron chi connectivity index (χ0n) is 14.2. The number of benzene rings is 1. The molecule has 2 aliphatic rings. The summed E-state index contributed by atoms with van der Waals surface area (Å²) in [5.41, 5.74) is 1.89. The SMILES string of the molecule is Cc1cc(C)cc(NC(=O)[C@]23CC[C@](C)(C(=O)C2)C3(C)C)c1. The summed E-state index contributed by atoms with van der Waals surface area (Å²) >= 11 is 0. The molecule has 3 heteroatoms. The van der Waals surface area contributed by atoms with Gasteiger partial charge in [-0.25, -0.2) is 0 Å². The molecule has 2 atom stereocenters. The Morgan fingerprint density at radius 2 is 1.64 bits per heavy atom. The first-order chi connectivity index (χ1) is 10.1. The van der Waals surface area contributed by atoms with Gasteiger partial charge in [-0.05, 0) is 55.4 Å². The normalized spacial score (nSPS) is 32.3. The Bertz CT molecular complexity index is 656. The highest BCUT2D eigenvalue weighted by Crippen LogP contribution is 2.70. The average molecular weight is 299 g/mol. The van der Waals surface area contributed by atoms with Crippen LogP contribution < -0.4 is 5.32 Å². The number of rotatable bonds is 2. The van der Waals surface area contributed by atoms with Gasteiger partial charge in [-0.3, -0.25) is 9.59 Å². The quantitative estimate of drug-likeness (QED) is 0.896. The molecule has 2 aliphatic carbocycles. The minimum Gasteiger partial charge on any atom is -0.326 e. The van der Waals surface area contributed by atoms with Gasteiger partial charge in [0.15, 0.2) is 0 Å². The lowest BCUT2D eigenvalue weighted by Crippen LogP contribution is -2.43. The van der Waals surface area contributed by atoms with Gasteiger partial charge in [-0.1, -0.05) is 26.8 Å². The van der Waals surface area contributed by atoms with E-state index >= 15 is 0 Å². The molecule has 2 saturated carbocycles. The summed E-state index contributed by atoms with van der Waals surface area (Å²) in [4.78, 5) is 25.5. The van der Waals surface area contributed by atoms with Crippen LogP contribution in [0.25, 0.3) is 0 Å². The predicted molar refractivity (Wildman–Crippen MR) is 87.7 cm³/mol. The number of ketones is 1. The lowest BCUT2D eigenvalue weighted by Gasteiger charge is -2.38. The Morgan fingerprint density at radius 1 is 1.05 bits per heavy atom. The van der Waals surface area contributed by atoms with E-state index in [1.165, 1.54) is 0 Å². The van der Waals surface area contributed by atoms with Gasteiger partial charge in [-0.2, -0.15) is 0 Å². The van der Waals surface area contributed by atoms with Crippen LogP contribution in [0.2, 0.25) is 0 Å². The molecule has 0 unspecified atom stereocenters. The number of nitrogens with one attached hydrogen (secondary N) is 1. The van der Waals surface area contributed by atoms with E-state index < -0.39 is 5.41 Å². The molecule has 22 heavy (non-hydrogen) atoms. The van der Waals surface area contributed by atoms with Crippen molar-refractivity contribution in [3.63, 3.8) is 0 Å².